The zero-order chi connectivity index (χ0) is 18.2. The average molecular weight is 437 g/mol. The molecule has 25 heavy (non-hydrogen) atoms. The highest BCUT2D eigenvalue weighted by atomic mass is 79.9. The minimum absolute atomic E-state index is 0.0684. The summed E-state index contributed by atoms with van der Waals surface area (Å²) in [6.07, 6.45) is 0. The Morgan fingerprint density at radius 1 is 1.08 bits per heavy atom. The van der Waals surface area contributed by atoms with E-state index in [0.717, 1.165) is 21.2 Å². The van der Waals surface area contributed by atoms with Gasteiger partial charge in [-0.15, -0.1) is 11.3 Å². The number of aromatic nitrogens is 1. The molecule has 0 fully saturated rings. The molecule has 1 heterocycles. The predicted octanol–water partition coefficient (Wildman–Crippen LogP) is 5.01. The highest BCUT2D eigenvalue weighted by molar-refractivity contribution is 9.10. The summed E-state index contributed by atoms with van der Waals surface area (Å²) in [5.41, 5.74) is 3.55. The van der Waals surface area contributed by atoms with E-state index in [1.54, 1.807) is 12.4 Å². The number of nitrogens with zero attached hydrogens (tertiary/aromatic N) is 2. The van der Waals surface area contributed by atoms with Crippen LogP contribution >= 0.6 is 27.3 Å². The second-order valence-corrected chi connectivity index (χ2v) is 9.38. The van der Waals surface area contributed by atoms with Gasteiger partial charge in [-0.3, -0.25) is 4.31 Å². The van der Waals surface area contributed by atoms with Crippen LogP contribution in [0.2, 0.25) is 0 Å². The summed E-state index contributed by atoms with van der Waals surface area (Å²) in [4.78, 5) is 4.35. The third-order valence-corrected chi connectivity index (χ3v) is 7.34. The highest BCUT2D eigenvalue weighted by Crippen LogP contribution is 2.31. The van der Waals surface area contributed by atoms with E-state index >= 15 is 0 Å². The lowest BCUT2D eigenvalue weighted by molar-refractivity contribution is 0.591. The van der Waals surface area contributed by atoms with Gasteiger partial charge in [0.25, 0.3) is 10.0 Å². The molecule has 0 bridgehead atoms. The molecule has 0 aliphatic heterocycles. The smallest absolute Gasteiger partial charge is 0.268 e. The van der Waals surface area contributed by atoms with Gasteiger partial charge in [-0.2, -0.15) is 8.42 Å². The molecule has 0 aliphatic carbocycles. The average Bonchev–Trinajstić information content (AvgIpc) is 3.08. The lowest BCUT2D eigenvalue weighted by Gasteiger charge is -2.21. The van der Waals surface area contributed by atoms with Crippen molar-refractivity contribution in [3.63, 3.8) is 0 Å². The Bertz CT molecular complexity index is 1010. The Balaban J connectivity index is 1.98. The van der Waals surface area contributed by atoms with Crippen LogP contribution in [0.4, 0.5) is 5.69 Å². The fraction of sp³-hybridized carbons (Fsp3) is 0.167. The normalized spacial score (nSPS) is 11.5. The molecule has 0 saturated heterocycles. The minimum Gasteiger partial charge on any atom is -0.268 e. The van der Waals surface area contributed by atoms with Crippen molar-refractivity contribution in [2.75, 3.05) is 11.4 Å². The van der Waals surface area contributed by atoms with E-state index in [-0.39, 0.29) is 5.03 Å². The summed E-state index contributed by atoms with van der Waals surface area (Å²) in [7, 11) is -2.14. The molecule has 0 N–H and O–H groups in total. The molecule has 0 aliphatic rings. The Kier molecular flexibility index (Phi) is 4.99. The van der Waals surface area contributed by atoms with Crippen LogP contribution in [0.3, 0.4) is 0 Å². The molecule has 4 nitrogen and oxygen atoms in total. The molecule has 0 unspecified atom stereocenters. The summed E-state index contributed by atoms with van der Waals surface area (Å²) in [5.74, 6) is 0. The van der Waals surface area contributed by atoms with Crippen LogP contribution in [-0.2, 0) is 10.0 Å². The lowest BCUT2D eigenvalue weighted by atomic mass is 10.1. The molecule has 0 radical (unpaired) electrons. The molecule has 3 rings (SSSR count). The Morgan fingerprint density at radius 2 is 1.76 bits per heavy atom. The van der Waals surface area contributed by atoms with Gasteiger partial charge in [-0.25, -0.2) is 4.98 Å². The van der Waals surface area contributed by atoms with Crippen molar-refractivity contribution in [1.29, 1.82) is 0 Å². The molecular formula is C18H17BrN2O2S2. The SMILES string of the molecule is Cc1cccc(N(C)S(=O)(=O)c2csc(-c3ccc(Br)cc3)n2)c1C. The molecule has 1 aromatic heterocycles. The first-order chi connectivity index (χ1) is 11.8. The monoisotopic (exact) mass is 436 g/mol. The number of anilines is 1. The third kappa shape index (κ3) is 3.49. The molecule has 2 aromatic carbocycles. The second-order valence-electron chi connectivity index (χ2n) is 5.69. The molecule has 0 atom stereocenters. The Morgan fingerprint density at radius 3 is 2.44 bits per heavy atom. The van der Waals surface area contributed by atoms with Gasteiger partial charge in [-0.1, -0.05) is 40.2 Å². The van der Waals surface area contributed by atoms with Crippen LogP contribution in [-0.4, -0.2) is 20.4 Å². The molecule has 130 valence electrons. The Hall–Kier alpha value is -1.70. The first kappa shape index (κ1) is 18.1. The first-order valence-corrected chi connectivity index (χ1v) is 10.7. The van der Waals surface area contributed by atoms with E-state index in [1.165, 1.54) is 15.6 Å². The van der Waals surface area contributed by atoms with Crippen molar-refractivity contribution in [2.24, 2.45) is 0 Å². The van der Waals surface area contributed by atoms with E-state index in [0.29, 0.717) is 10.7 Å². The summed E-state index contributed by atoms with van der Waals surface area (Å²) in [6.45, 7) is 3.89. The summed E-state index contributed by atoms with van der Waals surface area (Å²) < 4.78 is 28.2. The number of aryl methyl sites for hydroxylation is 1. The number of hydrogen-bond donors (Lipinski definition) is 0. The maximum Gasteiger partial charge on any atom is 0.282 e. The highest BCUT2D eigenvalue weighted by Gasteiger charge is 2.26. The number of thiazole rings is 1. The van der Waals surface area contributed by atoms with Crippen LogP contribution in [0.25, 0.3) is 10.6 Å². The van der Waals surface area contributed by atoms with E-state index < -0.39 is 10.0 Å². The molecule has 0 saturated carbocycles. The van der Waals surface area contributed by atoms with Crippen LogP contribution in [0.1, 0.15) is 11.1 Å². The van der Waals surface area contributed by atoms with Crippen molar-refractivity contribution in [3.05, 3.63) is 63.4 Å². The molecular weight excluding hydrogens is 420 g/mol. The zero-order valence-electron chi connectivity index (χ0n) is 14.0. The number of rotatable bonds is 4. The van der Waals surface area contributed by atoms with Gasteiger partial charge < -0.3 is 0 Å². The van der Waals surface area contributed by atoms with Gasteiger partial charge in [-0.05, 0) is 43.2 Å². The summed E-state index contributed by atoms with van der Waals surface area (Å²) >= 11 is 4.72. The van der Waals surface area contributed by atoms with Crippen LogP contribution < -0.4 is 4.31 Å². The minimum atomic E-state index is -3.70. The predicted molar refractivity (Wildman–Crippen MR) is 107 cm³/mol. The van der Waals surface area contributed by atoms with Crippen molar-refractivity contribution >= 4 is 43.0 Å². The number of benzene rings is 2. The molecule has 3 aromatic rings. The number of halogens is 1. The lowest BCUT2D eigenvalue weighted by Crippen LogP contribution is -2.27. The summed E-state index contributed by atoms with van der Waals surface area (Å²) in [5, 5.41) is 2.34. The van der Waals surface area contributed by atoms with Crippen molar-refractivity contribution < 1.29 is 8.42 Å². The zero-order valence-corrected chi connectivity index (χ0v) is 17.2. The topological polar surface area (TPSA) is 50.3 Å². The quantitative estimate of drug-likeness (QED) is 0.576. The van der Waals surface area contributed by atoms with Crippen LogP contribution in [0.15, 0.2) is 57.3 Å². The largest absolute Gasteiger partial charge is 0.282 e. The van der Waals surface area contributed by atoms with E-state index in [1.807, 2.05) is 56.3 Å². The van der Waals surface area contributed by atoms with E-state index in [9.17, 15) is 8.42 Å². The van der Waals surface area contributed by atoms with Crippen LogP contribution in [0, 0.1) is 13.8 Å². The second kappa shape index (κ2) is 6.90. The van der Waals surface area contributed by atoms with Gasteiger partial charge in [0.1, 0.15) is 5.01 Å². The number of hydrogen-bond acceptors (Lipinski definition) is 4. The van der Waals surface area contributed by atoms with E-state index in [2.05, 4.69) is 20.9 Å². The fourth-order valence-electron chi connectivity index (χ4n) is 2.45. The molecule has 0 spiro atoms. The maximum atomic E-state index is 13.0. The van der Waals surface area contributed by atoms with Gasteiger partial charge in [0.05, 0.1) is 5.69 Å². The summed E-state index contributed by atoms with van der Waals surface area (Å²) in [6, 6.07) is 13.3. The molecule has 7 heteroatoms. The van der Waals surface area contributed by atoms with Gasteiger partial charge in [0.15, 0.2) is 5.03 Å². The molecule has 0 amide bonds. The van der Waals surface area contributed by atoms with Crippen molar-refractivity contribution in [2.45, 2.75) is 18.9 Å². The van der Waals surface area contributed by atoms with Gasteiger partial charge in [0, 0.05) is 22.5 Å². The third-order valence-electron chi connectivity index (χ3n) is 4.11. The first-order valence-electron chi connectivity index (χ1n) is 7.57. The van der Waals surface area contributed by atoms with E-state index in [4.69, 9.17) is 0 Å². The fourth-order valence-corrected chi connectivity index (χ4v) is 5.03. The van der Waals surface area contributed by atoms with Gasteiger partial charge >= 0.3 is 0 Å². The number of sulfonamides is 1. The van der Waals surface area contributed by atoms with Gasteiger partial charge in [0.2, 0.25) is 0 Å². The standard InChI is InChI=1S/C18H17BrN2O2S2/c1-12-5-4-6-16(13(12)2)21(3)25(22,23)17-11-24-18(20-17)14-7-9-15(19)10-8-14/h4-11H,1-3H3. The van der Waals surface area contributed by atoms with Crippen molar-refractivity contribution in [1.82, 2.24) is 4.98 Å². The Labute approximate surface area is 160 Å². The van der Waals surface area contributed by atoms with Crippen LogP contribution in [0.5, 0.6) is 0 Å². The maximum absolute atomic E-state index is 13.0. The van der Waals surface area contributed by atoms with Crippen molar-refractivity contribution in [3.8, 4) is 10.6 Å².